The second-order valence-corrected chi connectivity index (χ2v) is 3.24. The van der Waals surface area contributed by atoms with Gasteiger partial charge in [-0.1, -0.05) is 0 Å². The highest BCUT2D eigenvalue weighted by Gasteiger charge is 2.16. The average Bonchev–Trinajstić information content (AvgIpc) is 2.70. The summed E-state index contributed by atoms with van der Waals surface area (Å²) >= 11 is 0. The molecule has 1 fully saturated rings. The molecule has 4 nitrogen and oxygen atoms in total. The molecular formula is C9H15N3O. The molecule has 1 aliphatic rings. The first-order chi connectivity index (χ1) is 6.40. The highest BCUT2D eigenvalue weighted by molar-refractivity contribution is 5.12. The maximum atomic E-state index is 5.34. The van der Waals surface area contributed by atoms with Crippen molar-refractivity contribution in [1.29, 1.82) is 0 Å². The zero-order chi connectivity index (χ0) is 9.10. The highest BCUT2D eigenvalue weighted by Crippen LogP contribution is 2.17. The first kappa shape index (κ1) is 8.56. The molecule has 1 atom stereocenters. The van der Waals surface area contributed by atoms with E-state index in [9.17, 15) is 0 Å². The Kier molecular flexibility index (Phi) is 2.49. The summed E-state index contributed by atoms with van der Waals surface area (Å²) < 4.78 is 7.33. The van der Waals surface area contributed by atoms with Crippen LogP contribution in [0.25, 0.3) is 0 Å². The fourth-order valence-corrected chi connectivity index (χ4v) is 1.63. The normalized spacial score (nSPS) is 22.1. The van der Waals surface area contributed by atoms with Gasteiger partial charge in [-0.2, -0.15) is 5.10 Å². The first-order valence-electron chi connectivity index (χ1n) is 4.78. The van der Waals surface area contributed by atoms with E-state index in [-0.39, 0.29) is 0 Å². The first-order valence-corrected chi connectivity index (χ1v) is 4.78. The average molecular weight is 181 g/mol. The Bertz CT molecular complexity index is 266. The van der Waals surface area contributed by atoms with Crippen molar-refractivity contribution in [2.45, 2.75) is 19.4 Å². The third-order valence-corrected chi connectivity index (χ3v) is 2.30. The Balaban J connectivity index is 2.03. The molecule has 0 spiro atoms. The predicted molar refractivity (Wildman–Crippen MR) is 49.9 cm³/mol. The monoisotopic (exact) mass is 181 g/mol. The molecule has 0 aromatic carbocycles. The van der Waals surface area contributed by atoms with Crippen molar-refractivity contribution in [1.82, 2.24) is 15.1 Å². The van der Waals surface area contributed by atoms with E-state index < -0.39 is 0 Å². The van der Waals surface area contributed by atoms with Gasteiger partial charge in [0.05, 0.1) is 25.0 Å². The zero-order valence-electron chi connectivity index (χ0n) is 7.86. The number of hydrogen-bond donors (Lipinski definition) is 1. The minimum absolute atomic E-state index is 0.509. The minimum atomic E-state index is 0.509. The van der Waals surface area contributed by atoms with Crippen LogP contribution in [0.1, 0.15) is 19.4 Å². The second-order valence-electron chi connectivity index (χ2n) is 3.24. The molecule has 0 saturated carbocycles. The molecule has 2 rings (SSSR count). The topological polar surface area (TPSA) is 39.1 Å². The van der Waals surface area contributed by atoms with Crippen LogP contribution >= 0.6 is 0 Å². The smallest absolute Gasteiger partial charge is 0.157 e. The number of nitrogens with zero attached hydrogens (tertiary/aromatic N) is 2. The summed E-state index contributed by atoms with van der Waals surface area (Å²) in [5.74, 6) is 0.870. The lowest BCUT2D eigenvalue weighted by Crippen LogP contribution is -2.13. The molecule has 0 radical (unpaired) electrons. The van der Waals surface area contributed by atoms with Crippen LogP contribution in [-0.4, -0.2) is 29.5 Å². The zero-order valence-corrected chi connectivity index (χ0v) is 7.86. The largest absolute Gasteiger partial charge is 0.491 e. The van der Waals surface area contributed by atoms with Crippen molar-refractivity contribution < 1.29 is 4.74 Å². The molecule has 0 bridgehead atoms. The summed E-state index contributed by atoms with van der Waals surface area (Å²) in [6.07, 6.45) is 4.91. The van der Waals surface area contributed by atoms with Crippen LogP contribution in [0.15, 0.2) is 12.4 Å². The molecule has 0 aliphatic carbocycles. The van der Waals surface area contributed by atoms with Gasteiger partial charge in [0.25, 0.3) is 0 Å². The van der Waals surface area contributed by atoms with E-state index in [0.717, 1.165) is 25.3 Å². The Morgan fingerprint density at radius 1 is 1.77 bits per heavy atom. The molecule has 0 amide bonds. The van der Waals surface area contributed by atoms with Gasteiger partial charge in [0.1, 0.15) is 0 Å². The molecule has 1 aromatic rings. The van der Waals surface area contributed by atoms with Gasteiger partial charge in [-0.05, 0) is 19.9 Å². The van der Waals surface area contributed by atoms with Crippen LogP contribution in [-0.2, 0) is 0 Å². The SMILES string of the molecule is CCOc1cnn(C2CCNC2)c1. The Hall–Kier alpha value is -1.03. The molecule has 2 heterocycles. The number of hydrogen-bond acceptors (Lipinski definition) is 3. The summed E-state index contributed by atoms with van der Waals surface area (Å²) in [5, 5.41) is 7.58. The van der Waals surface area contributed by atoms with Gasteiger partial charge >= 0.3 is 0 Å². The van der Waals surface area contributed by atoms with Gasteiger partial charge in [0.2, 0.25) is 0 Å². The Morgan fingerprint density at radius 3 is 3.38 bits per heavy atom. The van der Waals surface area contributed by atoms with Crippen molar-refractivity contribution in [3.05, 3.63) is 12.4 Å². The van der Waals surface area contributed by atoms with Crippen molar-refractivity contribution in [2.75, 3.05) is 19.7 Å². The molecule has 72 valence electrons. The van der Waals surface area contributed by atoms with E-state index in [1.165, 1.54) is 0 Å². The van der Waals surface area contributed by atoms with Crippen LogP contribution in [0.5, 0.6) is 5.75 Å². The van der Waals surface area contributed by atoms with E-state index in [4.69, 9.17) is 4.74 Å². The van der Waals surface area contributed by atoms with Gasteiger partial charge in [-0.3, -0.25) is 4.68 Å². The molecule has 1 aliphatic heterocycles. The van der Waals surface area contributed by atoms with Crippen molar-refractivity contribution in [3.8, 4) is 5.75 Å². The molecule has 1 aromatic heterocycles. The Labute approximate surface area is 77.9 Å². The third-order valence-electron chi connectivity index (χ3n) is 2.30. The maximum Gasteiger partial charge on any atom is 0.157 e. The van der Waals surface area contributed by atoms with Gasteiger partial charge in [-0.15, -0.1) is 0 Å². The number of rotatable bonds is 3. The van der Waals surface area contributed by atoms with E-state index in [0.29, 0.717) is 12.6 Å². The summed E-state index contributed by atoms with van der Waals surface area (Å²) in [7, 11) is 0. The van der Waals surface area contributed by atoms with Crippen molar-refractivity contribution >= 4 is 0 Å². The van der Waals surface area contributed by atoms with E-state index in [2.05, 4.69) is 10.4 Å². The highest BCUT2D eigenvalue weighted by atomic mass is 16.5. The number of aromatic nitrogens is 2. The van der Waals surface area contributed by atoms with E-state index in [1.54, 1.807) is 6.20 Å². The summed E-state index contributed by atoms with van der Waals surface area (Å²) in [6, 6.07) is 0.509. The quantitative estimate of drug-likeness (QED) is 0.750. The van der Waals surface area contributed by atoms with E-state index in [1.807, 2.05) is 17.8 Å². The van der Waals surface area contributed by atoms with Crippen molar-refractivity contribution in [3.63, 3.8) is 0 Å². The van der Waals surface area contributed by atoms with Gasteiger partial charge in [-0.25, -0.2) is 0 Å². The van der Waals surface area contributed by atoms with Crippen LogP contribution in [0, 0.1) is 0 Å². The van der Waals surface area contributed by atoms with E-state index >= 15 is 0 Å². The van der Waals surface area contributed by atoms with Gasteiger partial charge in [0.15, 0.2) is 5.75 Å². The minimum Gasteiger partial charge on any atom is -0.491 e. The number of nitrogens with one attached hydrogen (secondary N) is 1. The molecule has 4 heteroatoms. The molecular weight excluding hydrogens is 166 g/mol. The molecule has 13 heavy (non-hydrogen) atoms. The third kappa shape index (κ3) is 1.83. The fraction of sp³-hybridized carbons (Fsp3) is 0.667. The van der Waals surface area contributed by atoms with Crippen LogP contribution in [0.4, 0.5) is 0 Å². The summed E-state index contributed by atoms with van der Waals surface area (Å²) in [4.78, 5) is 0. The van der Waals surface area contributed by atoms with Crippen LogP contribution in [0.2, 0.25) is 0 Å². The molecule has 1 saturated heterocycles. The molecule has 1 unspecified atom stereocenters. The second kappa shape index (κ2) is 3.79. The molecule has 1 N–H and O–H groups in total. The Morgan fingerprint density at radius 2 is 2.69 bits per heavy atom. The van der Waals surface area contributed by atoms with Crippen LogP contribution < -0.4 is 10.1 Å². The lowest BCUT2D eigenvalue weighted by molar-refractivity contribution is 0.339. The number of ether oxygens (including phenoxy) is 1. The lowest BCUT2D eigenvalue weighted by Gasteiger charge is -2.07. The standard InChI is InChI=1S/C9H15N3O/c1-2-13-9-6-11-12(7-9)8-3-4-10-5-8/h6-8,10H,2-5H2,1H3. The maximum absolute atomic E-state index is 5.34. The van der Waals surface area contributed by atoms with Crippen molar-refractivity contribution in [2.24, 2.45) is 0 Å². The predicted octanol–water partition coefficient (Wildman–Crippen LogP) is 0.816. The summed E-state index contributed by atoms with van der Waals surface area (Å²) in [6.45, 7) is 4.80. The fourth-order valence-electron chi connectivity index (χ4n) is 1.63. The summed E-state index contributed by atoms with van der Waals surface area (Å²) in [5.41, 5.74) is 0. The van der Waals surface area contributed by atoms with Gasteiger partial charge < -0.3 is 10.1 Å². The van der Waals surface area contributed by atoms with Crippen LogP contribution in [0.3, 0.4) is 0 Å². The van der Waals surface area contributed by atoms with Gasteiger partial charge in [0, 0.05) is 6.54 Å². The lowest BCUT2D eigenvalue weighted by atomic mass is 10.3.